The van der Waals surface area contributed by atoms with Gasteiger partial charge in [-0.15, -0.1) is 11.3 Å². The highest BCUT2D eigenvalue weighted by Gasteiger charge is 2.27. The molecule has 0 N–H and O–H groups in total. The highest BCUT2D eigenvalue weighted by Crippen LogP contribution is 2.50. The van der Waals surface area contributed by atoms with Gasteiger partial charge in [-0.2, -0.15) is 0 Å². The second kappa shape index (κ2) is 13.1. The summed E-state index contributed by atoms with van der Waals surface area (Å²) in [4.78, 5) is 2.43. The second-order valence-electron chi connectivity index (χ2n) is 14.8. The number of thiophene rings is 1. The number of hydrogen-bond donors (Lipinski definition) is 0. The molecule has 9 aromatic carbocycles. The molecule has 0 fully saturated rings. The van der Waals surface area contributed by atoms with Crippen molar-refractivity contribution in [2.24, 2.45) is 0 Å². The summed E-state index contributed by atoms with van der Waals surface area (Å²) < 4.78 is 12.0. The molecule has 0 radical (unpaired) electrons. The van der Waals surface area contributed by atoms with Crippen molar-refractivity contribution in [3.63, 3.8) is 0 Å². The van der Waals surface area contributed by atoms with E-state index >= 15 is 0 Å². The molecule has 58 heavy (non-hydrogen) atoms. The number of rotatable bonds is 6. The molecule has 0 spiro atoms. The Bertz CT molecular complexity index is 3480. The van der Waals surface area contributed by atoms with Gasteiger partial charge in [-0.3, -0.25) is 0 Å². The first kappa shape index (κ1) is 32.8. The third kappa shape index (κ3) is 4.99. The topological polar surface area (TPSA) is 21.3 Å². The van der Waals surface area contributed by atoms with Gasteiger partial charge in [0.1, 0.15) is 11.2 Å². The van der Waals surface area contributed by atoms with Crippen molar-refractivity contribution in [2.75, 3.05) is 4.90 Å². The first-order valence-electron chi connectivity index (χ1n) is 19.7. The van der Waals surface area contributed by atoms with Crippen LogP contribution in [0.25, 0.3) is 91.9 Å². The van der Waals surface area contributed by atoms with Crippen LogP contribution >= 0.6 is 11.3 Å². The van der Waals surface area contributed by atoms with E-state index in [1.54, 1.807) is 0 Å². The number of benzene rings is 9. The minimum Gasteiger partial charge on any atom is -0.455 e. The van der Waals surface area contributed by atoms with Crippen LogP contribution < -0.4 is 4.90 Å². The molecule has 0 aliphatic carbocycles. The monoisotopic (exact) mass is 758 g/mol. The lowest BCUT2D eigenvalue weighted by Crippen LogP contribution is -2.13. The third-order valence-electron chi connectivity index (χ3n) is 11.6. The zero-order valence-electron chi connectivity index (χ0n) is 31.3. The summed E-state index contributed by atoms with van der Waals surface area (Å²) in [6.07, 6.45) is 0. The van der Waals surface area contributed by atoms with E-state index in [2.05, 4.69) is 216 Å². The summed E-state index contributed by atoms with van der Waals surface area (Å²) in [5.41, 5.74) is 12.7. The molecule has 3 heterocycles. The van der Waals surface area contributed by atoms with Crippen LogP contribution in [0.15, 0.2) is 211 Å². The van der Waals surface area contributed by atoms with Crippen LogP contribution in [0.1, 0.15) is 0 Å². The third-order valence-corrected chi connectivity index (χ3v) is 12.8. The number of nitrogens with zero attached hydrogens (tertiary/aromatic N) is 2. The number of fused-ring (bicyclic) bond motifs is 9. The molecule has 4 heteroatoms. The lowest BCUT2D eigenvalue weighted by molar-refractivity contribution is 0.670. The number of para-hydroxylation sites is 6. The quantitative estimate of drug-likeness (QED) is 0.168. The van der Waals surface area contributed by atoms with Gasteiger partial charge in [0.2, 0.25) is 0 Å². The van der Waals surface area contributed by atoms with E-state index in [1.165, 1.54) is 36.5 Å². The molecular weight excluding hydrogens is 725 g/mol. The lowest BCUT2D eigenvalue weighted by Gasteiger charge is -2.30. The summed E-state index contributed by atoms with van der Waals surface area (Å²) >= 11 is 1.85. The maximum atomic E-state index is 7.01. The van der Waals surface area contributed by atoms with Crippen molar-refractivity contribution in [3.05, 3.63) is 206 Å². The number of aromatic nitrogens is 1. The average Bonchev–Trinajstić information content (AvgIpc) is 3.96. The summed E-state index contributed by atoms with van der Waals surface area (Å²) in [7, 11) is 0. The Morgan fingerprint density at radius 2 is 1.03 bits per heavy atom. The summed E-state index contributed by atoms with van der Waals surface area (Å²) in [5.74, 6) is 0. The standard InChI is InChI=1S/C54H34N2OS/c1-2-16-36(17-3-1)55(45-24-10-4-18-37(45)35-30-33-52-44(34-35)41-22-9-15-29-51(41)58-52)49-32-31-42-40-21-8-14-28-50(40)57-54(42)53(49)43-23-7-13-27-48(43)56-46-25-11-5-19-38(46)39-20-6-12-26-47(39)56/h1-34H. The van der Waals surface area contributed by atoms with Crippen LogP contribution in [0.2, 0.25) is 0 Å². The van der Waals surface area contributed by atoms with Crippen molar-refractivity contribution in [2.45, 2.75) is 0 Å². The first-order valence-corrected chi connectivity index (χ1v) is 20.5. The normalized spacial score (nSPS) is 11.8. The number of furan rings is 1. The fraction of sp³-hybridized carbons (Fsp3) is 0. The van der Waals surface area contributed by atoms with E-state index in [0.29, 0.717) is 0 Å². The van der Waals surface area contributed by atoms with Crippen LogP contribution in [0.4, 0.5) is 17.1 Å². The van der Waals surface area contributed by atoms with Gasteiger partial charge in [-0.25, -0.2) is 0 Å². The predicted molar refractivity (Wildman–Crippen MR) is 247 cm³/mol. The highest BCUT2D eigenvalue weighted by atomic mass is 32.1. The Morgan fingerprint density at radius 3 is 1.84 bits per heavy atom. The van der Waals surface area contributed by atoms with E-state index in [9.17, 15) is 0 Å². The smallest absolute Gasteiger partial charge is 0.145 e. The van der Waals surface area contributed by atoms with Gasteiger partial charge in [0.25, 0.3) is 0 Å². The average molecular weight is 759 g/mol. The van der Waals surface area contributed by atoms with Crippen molar-refractivity contribution in [3.8, 4) is 27.9 Å². The molecule has 12 rings (SSSR count). The second-order valence-corrected chi connectivity index (χ2v) is 15.9. The molecule has 3 nitrogen and oxygen atoms in total. The van der Waals surface area contributed by atoms with Crippen molar-refractivity contribution >= 4 is 92.3 Å². The van der Waals surface area contributed by atoms with E-state index in [0.717, 1.165) is 72.4 Å². The highest BCUT2D eigenvalue weighted by molar-refractivity contribution is 7.25. The first-order chi connectivity index (χ1) is 28.8. The molecule has 0 saturated heterocycles. The molecule has 0 aliphatic rings. The summed E-state index contributed by atoms with van der Waals surface area (Å²) in [5, 5.41) is 7.21. The fourth-order valence-electron chi connectivity index (χ4n) is 9.08. The lowest BCUT2D eigenvalue weighted by atomic mass is 9.95. The molecule has 0 saturated carbocycles. The SMILES string of the molecule is c1ccc(N(c2ccccc2-c2ccc3sc4ccccc4c3c2)c2ccc3c(oc4ccccc43)c2-c2ccccc2-n2c3ccccc3c3ccccc32)cc1. The van der Waals surface area contributed by atoms with E-state index in [-0.39, 0.29) is 0 Å². The maximum absolute atomic E-state index is 7.01. The molecule has 0 bridgehead atoms. The Kier molecular flexibility index (Phi) is 7.40. The molecule has 0 unspecified atom stereocenters. The van der Waals surface area contributed by atoms with Gasteiger partial charge in [0.05, 0.1) is 33.7 Å². The van der Waals surface area contributed by atoms with Crippen LogP contribution in [0.5, 0.6) is 0 Å². The molecular formula is C54H34N2OS. The number of anilines is 3. The van der Waals surface area contributed by atoms with Gasteiger partial charge < -0.3 is 13.9 Å². The van der Waals surface area contributed by atoms with Crippen LogP contribution in [0.3, 0.4) is 0 Å². The predicted octanol–water partition coefficient (Wildman–Crippen LogP) is 15.9. The van der Waals surface area contributed by atoms with E-state index in [1.807, 2.05) is 11.3 Å². The minimum atomic E-state index is 0.858. The van der Waals surface area contributed by atoms with Crippen molar-refractivity contribution < 1.29 is 4.42 Å². The summed E-state index contributed by atoms with van der Waals surface area (Å²) in [6, 6.07) is 74.4. The van der Waals surface area contributed by atoms with Crippen LogP contribution in [-0.4, -0.2) is 4.57 Å². The van der Waals surface area contributed by atoms with Gasteiger partial charge in [0.15, 0.2) is 0 Å². The van der Waals surface area contributed by atoms with Crippen molar-refractivity contribution in [1.29, 1.82) is 0 Å². The van der Waals surface area contributed by atoms with Gasteiger partial charge >= 0.3 is 0 Å². The number of hydrogen-bond acceptors (Lipinski definition) is 3. The molecule has 3 aromatic heterocycles. The molecule has 0 aliphatic heterocycles. The zero-order valence-corrected chi connectivity index (χ0v) is 32.2. The fourth-order valence-corrected chi connectivity index (χ4v) is 10.2. The van der Waals surface area contributed by atoms with E-state index < -0.39 is 0 Å². The minimum absolute atomic E-state index is 0.858. The largest absolute Gasteiger partial charge is 0.455 e. The van der Waals surface area contributed by atoms with Gasteiger partial charge in [-0.1, -0.05) is 133 Å². The van der Waals surface area contributed by atoms with Crippen LogP contribution in [-0.2, 0) is 0 Å². The summed E-state index contributed by atoms with van der Waals surface area (Å²) in [6.45, 7) is 0. The maximum Gasteiger partial charge on any atom is 0.145 e. The van der Waals surface area contributed by atoms with Gasteiger partial charge in [-0.05, 0) is 78.4 Å². The molecule has 12 aromatic rings. The Hall–Kier alpha value is -7.40. The molecule has 0 amide bonds. The Balaban J connectivity index is 1.18. The van der Waals surface area contributed by atoms with E-state index in [4.69, 9.17) is 4.42 Å². The Labute approximate surface area is 338 Å². The Morgan fingerprint density at radius 1 is 0.414 bits per heavy atom. The van der Waals surface area contributed by atoms with Crippen LogP contribution in [0, 0.1) is 0 Å². The van der Waals surface area contributed by atoms with Gasteiger partial charge in [0, 0.05) is 58.5 Å². The molecule has 272 valence electrons. The molecule has 0 atom stereocenters. The van der Waals surface area contributed by atoms with Crippen molar-refractivity contribution in [1.82, 2.24) is 4.57 Å². The zero-order chi connectivity index (χ0) is 38.2.